The summed E-state index contributed by atoms with van der Waals surface area (Å²) in [6.07, 6.45) is 5.37. The zero-order valence-electron chi connectivity index (χ0n) is 19.8. The van der Waals surface area contributed by atoms with Crippen LogP contribution in [-0.2, 0) is 4.74 Å². The Morgan fingerprint density at radius 3 is 2.47 bits per heavy atom. The van der Waals surface area contributed by atoms with Crippen molar-refractivity contribution in [3.8, 4) is 11.1 Å². The number of aromatic nitrogens is 4. The van der Waals surface area contributed by atoms with Crippen LogP contribution in [0.4, 0.5) is 15.0 Å². The third kappa shape index (κ3) is 4.96. The van der Waals surface area contributed by atoms with E-state index in [0.29, 0.717) is 22.1 Å². The largest absolute Gasteiger partial charge is 0.503 e. The number of halogens is 1. The monoisotopic (exact) mass is 495 g/mol. The molecular weight excluding hydrogens is 469 g/mol. The van der Waals surface area contributed by atoms with Gasteiger partial charge in [0.1, 0.15) is 11.6 Å². The van der Waals surface area contributed by atoms with Gasteiger partial charge in [-0.3, -0.25) is 9.78 Å². The highest BCUT2D eigenvalue weighted by Gasteiger charge is 2.29. The average Bonchev–Trinajstić information content (AvgIpc) is 3.27. The Bertz CT molecular complexity index is 1440. The molecule has 1 aromatic carbocycles. The van der Waals surface area contributed by atoms with Crippen LogP contribution in [0.1, 0.15) is 54.6 Å². The topological polar surface area (TPSA) is 153 Å². The summed E-state index contributed by atoms with van der Waals surface area (Å²) >= 11 is 0. The summed E-state index contributed by atoms with van der Waals surface area (Å²) in [5.41, 5.74) is 10.3. The molecule has 1 aliphatic rings. The van der Waals surface area contributed by atoms with Crippen LogP contribution >= 0.6 is 0 Å². The summed E-state index contributed by atoms with van der Waals surface area (Å²) in [7, 11) is 1.73. The van der Waals surface area contributed by atoms with Crippen LogP contribution in [0, 0.1) is 5.82 Å². The number of pyridine rings is 1. The minimum absolute atomic E-state index is 0.124. The first-order valence-corrected chi connectivity index (χ1v) is 11.4. The molecule has 36 heavy (non-hydrogen) atoms. The highest BCUT2D eigenvalue weighted by Crippen LogP contribution is 2.38. The Morgan fingerprint density at radius 1 is 1.14 bits per heavy atom. The van der Waals surface area contributed by atoms with Gasteiger partial charge in [0.2, 0.25) is 0 Å². The minimum atomic E-state index is -1.83. The smallest absolute Gasteiger partial charge is 0.450 e. The number of carbonyl (C=O) groups is 2. The molecule has 1 saturated carbocycles. The lowest BCUT2D eigenvalue weighted by molar-refractivity contribution is 0.0654. The first kappa shape index (κ1) is 25.0. The van der Waals surface area contributed by atoms with Crippen molar-refractivity contribution in [2.45, 2.75) is 44.6 Å². The van der Waals surface area contributed by atoms with Crippen LogP contribution in [0.5, 0.6) is 0 Å². The third-order valence-electron chi connectivity index (χ3n) is 6.41. The van der Waals surface area contributed by atoms with Gasteiger partial charge in [0.15, 0.2) is 11.4 Å². The number of ether oxygens (including phenoxy) is 1. The maximum absolute atomic E-state index is 13.7. The van der Waals surface area contributed by atoms with Crippen molar-refractivity contribution in [2.24, 2.45) is 0 Å². The maximum atomic E-state index is 13.7. The molecule has 0 aliphatic heterocycles. The molecule has 11 heteroatoms. The number of ketones is 1. The van der Waals surface area contributed by atoms with E-state index in [4.69, 9.17) is 30.5 Å². The molecule has 5 rings (SSSR count). The van der Waals surface area contributed by atoms with Crippen LogP contribution < -0.4 is 5.73 Å². The van der Waals surface area contributed by atoms with E-state index in [-0.39, 0.29) is 29.4 Å². The standard InChI is InChI=1S/C24H24FN5O2.CH2O3/c1-13(31)21-22(14-3-6-18(32-2)7-4-14)29-24-19(12-28-30(24)23(21)26)16-9-15-10-17(25)5-8-20(15)27-11-16;2-1(3)4/h5,8-12,14,18H,3-4,6-7,26H2,1-2H3;(H2,2,3,4). The van der Waals surface area contributed by atoms with Gasteiger partial charge in [0.05, 0.1) is 29.1 Å². The second kappa shape index (κ2) is 10.2. The third-order valence-corrected chi connectivity index (χ3v) is 6.41. The highest BCUT2D eigenvalue weighted by atomic mass is 19.1. The SMILES string of the molecule is COC1CCC(c2nc3c(-c4cnc5ccc(F)cc5c4)cnn3c(N)c2C(C)=O)CC1.O=C(O)O. The summed E-state index contributed by atoms with van der Waals surface area (Å²) in [5.74, 6) is -0.0315. The fourth-order valence-electron chi connectivity index (χ4n) is 4.71. The van der Waals surface area contributed by atoms with E-state index in [2.05, 4.69) is 10.1 Å². The van der Waals surface area contributed by atoms with Crippen molar-refractivity contribution in [1.29, 1.82) is 0 Å². The van der Waals surface area contributed by atoms with Gasteiger partial charge in [-0.05, 0) is 56.9 Å². The van der Waals surface area contributed by atoms with Crippen molar-refractivity contribution >= 4 is 34.3 Å². The van der Waals surface area contributed by atoms with Gasteiger partial charge in [-0.15, -0.1) is 0 Å². The molecule has 10 nitrogen and oxygen atoms in total. The molecule has 4 aromatic rings. The molecule has 1 aliphatic carbocycles. The van der Waals surface area contributed by atoms with E-state index in [0.717, 1.165) is 42.5 Å². The van der Waals surface area contributed by atoms with E-state index in [1.54, 1.807) is 25.6 Å². The number of hydrogen-bond acceptors (Lipinski definition) is 7. The second-order valence-corrected chi connectivity index (χ2v) is 8.66. The predicted octanol–water partition coefficient (Wildman–Crippen LogP) is 4.76. The van der Waals surface area contributed by atoms with Crippen LogP contribution in [0.15, 0.2) is 36.7 Å². The number of carbonyl (C=O) groups excluding carboxylic acids is 1. The summed E-state index contributed by atoms with van der Waals surface area (Å²) < 4.78 is 20.7. The lowest BCUT2D eigenvalue weighted by Crippen LogP contribution is -2.22. The Balaban J connectivity index is 0.000000709. The molecule has 0 saturated heterocycles. The maximum Gasteiger partial charge on any atom is 0.503 e. The predicted molar refractivity (Wildman–Crippen MR) is 131 cm³/mol. The van der Waals surface area contributed by atoms with Gasteiger partial charge in [-0.1, -0.05) is 0 Å². The Kier molecular flexibility index (Phi) is 7.11. The van der Waals surface area contributed by atoms with Gasteiger partial charge in [-0.2, -0.15) is 9.61 Å². The summed E-state index contributed by atoms with van der Waals surface area (Å²) in [4.78, 5) is 30.4. The minimum Gasteiger partial charge on any atom is -0.450 e. The molecule has 0 spiro atoms. The fourth-order valence-corrected chi connectivity index (χ4v) is 4.71. The van der Waals surface area contributed by atoms with Crippen LogP contribution in [-0.4, -0.2) is 54.9 Å². The molecule has 0 atom stereocenters. The normalized spacial score (nSPS) is 17.5. The second-order valence-electron chi connectivity index (χ2n) is 8.66. The van der Waals surface area contributed by atoms with Gasteiger partial charge < -0.3 is 20.7 Å². The molecule has 0 radical (unpaired) electrons. The lowest BCUT2D eigenvalue weighted by Gasteiger charge is -2.28. The zero-order valence-corrected chi connectivity index (χ0v) is 19.8. The van der Waals surface area contributed by atoms with E-state index >= 15 is 0 Å². The molecule has 188 valence electrons. The fraction of sp³-hybridized carbons (Fsp3) is 0.320. The molecule has 3 aromatic heterocycles. The molecule has 0 bridgehead atoms. The number of methoxy groups -OCH3 is 1. The number of anilines is 1. The molecule has 3 heterocycles. The van der Waals surface area contributed by atoms with Crippen molar-refractivity contribution < 1.29 is 28.9 Å². The van der Waals surface area contributed by atoms with Crippen molar-refractivity contribution in [2.75, 3.05) is 12.8 Å². The molecule has 0 amide bonds. The van der Waals surface area contributed by atoms with E-state index in [9.17, 15) is 9.18 Å². The number of nitrogen functional groups attached to an aromatic ring is 1. The van der Waals surface area contributed by atoms with Crippen molar-refractivity contribution in [3.63, 3.8) is 0 Å². The number of Topliss-reactive ketones (excluding diaryl/α,β-unsaturated/α-hetero) is 1. The number of hydrogen-bond donors (Lipinski definition) is 3. The number of rotatable bonds is 4. The Labute approximate surface area is 205 Å². The molecule has 0 unspecified atom stereocenters. The summed E-state index contributed by atoms with van der Waals surface area (Å²) in [5, 5.41) is 19.0. The Morgan fingerprint density at radius 2 is 1.83 bits per heavy atom. The lowest BCUT2D eigenvalue weighted by atomic mass is 9.83. The molecule has 1 fully saturated rings. The summed E-state index contributed by atoms with van der Waals surface area (Å²) in [6, 6.07) is 6.35. The first-order chi connectivity index (χ1) is 17.2. The first-order valence-electron chi connectivity index (χ1n) is 11.4. The highest BCUT2D eigenvalue weighted by molar-refractivity contribution is 6.00. The van der Waals surface area contributed by atoms with Gasteiger partial charge >= 0.3 is 6.16 Å². The van der Waals surface area contributed by atoms with Crippen molar-refractivity contribution in [1.82, 2.24) is 19.6 Å². The van der Waals surface area contributed by atoms with Crippen LogP contribution in [0.3, 0.4) is 0 Å². The number of carboxylic acid groups (broad SMARTS) is 2. The number of fused-ring (bicyclic) bond motifs is 2. The van der Waals surface area contributed by atoms with Crippen molar-refractivity contribution in [3.05, 3.63) is 53.7 Å². The van der Waals surface area contributed by atoms with E-state index in [1.165, 1.54) is 23.6 Å². The van der Waals surface area contributed by atoms with Crippen LogP contribution in [0.25, 0.3) is 27.7 Å². The molecule has 4 N–H and O–H groups in total. The zero-order chi connectivity index (χ0) is 26.0. The molecular formula is C25H26FN5O5. The van der Waals surface area contributed by atoms with Gasteiger partial charge in [-0.25, -0.2) is 14.2 Å². The van der Waals surface area contributed by atoms with E-state index < -0.39 is 6.16 Å². The van der Waals surface area contributed by atoms with Gasteiger partial charge in [0, 0.05) is 35.7 Å². The van der Waals surface area contributed by atoms with E-state index in [1.807, 2.05) is 6.07 Å². The van der Waals surface area contributed by atoms with Crippen LogP contribution in [0.2, 0.25) is 0 Å². The van der Waals surface area contributed by atoms with Gasteiger partial charge in [0.25, 0.3) is 0 Å². The number of benzene rings is 1. The average molecular weight is 496 g/mol. The number of nitrogens with zero attached hydrogens (tertiary/aromatic N) is 4. The Hall–Kier alpha value is -4.12. The number of nitrogens with two attached hydrogens (primary N) is 1. The summed E-state index contributed by atoms with van der Waals surface area (Å²) in [6.45, 7) is 1.51. The quantitative estimate of drug-likeness (QED) is 0.340.